The third-order valence-electron chi connectivity index (χ3n) is 3.76. The highest BCUT2D eigenvalue weighted by molar-refractivity contribution is 5.94. The number of benzene rings is 2. The molecular weight excluding hydrogens is 337 g/mol. The summed E-state index contributed by atoms with van der Waals surface area (Å²) in [4.78, 5) is 14.2. The van der Waals surface area contributed by atoms with Crippen molar-refractivity contribution in [3.8, 4) is 17.2 Å². The first-order valence-corrected chi connectivity index (χ1v) is 8.28. The number of hydrogen-bond acceptors (Lipinski definition) is 4. The van der Waals surface area contributed by atoms with Gasteiger partial charge in [-0.05, 0) is 49.7 Å². The Morgan fingerprint density at radius 1 is 1.04 bits per heavy atom. The number of hydrogen-bond donors (Lipinski definition) is 0. The van der Waals surface area contributed by atoms with Crippen molar-refractivity contribution >= 4 is 5.91 Å². The van der Waals surface area contributed by atoms with Crippen LogP contribution in [0.1, 0.15) is 29.8 Å². The molecule has 0 radical (unpaired) electrons. The summed E-state index contributed by atoms with van der Waals surface area (Å²) in [5, 5.41) is 0. The van der Waals surface area contributed by atoms with E-state index < -0.39 is 5.82 Å². The molecule has 0 bridgehead atoms. The monoisotopic (exact) mass is 361 g/mol. The fraction of sp³-hybridized carbons (Fsp3) is 0.350. The zero-order chi connectivity index (χ0) is 19.3. The van der Waals surface area contributed by atoms with E-state index in [1.165, 1.54) is 25.2 Å². The first kappa shape index (κ1) is 19.6. The van der Waals surface area contributed by atoms with Gasteiger partial charge in [0.1, 0.15) is 0 Å². The molecule has 0 atom stereocenters. The maximum absolute atomic E-state index is 13.8. The molecule has 0 aliphatic heterocycles. The summed E-state index contributed by atoms with van der Waals surface area (Å²) in [6.07, 6.45) is -0.00177. The lowest BCUT2D eigenvalue weighted by molar-refractivity contribution is 0.0784. The fourth-order valence-electron chi connectivity index (χ4n) is 2.53. The highest BCUT2D eigenvalue weighted by atomic mass is 19.1. The summed E-state index contributed by atoms with van der Waals surface area (Å²) >= 11 is 0. The van der Waals surface area contributed by atoms with Crippen molar-refractivity contribution in [3.63, 3.8) is 0 Å². The molecular formula is C20H24FNO4. The van der Waals surface area contributed by atoms with Crippen LogP contribution in [0.5, 0.6) is 17.2 Å². The Balaban J connectivity index is 2.15. The van der Waals surface area contributed by atoms with Crippen molar-refractivity contribution in [2.24, 2.45) is 0 Å². The number of methoxy groups -OCH3 is 2. The van der Waals surface area contributed by atoms with Crippen LogP contribution in [0.3, 0.4) is 0 Å². The Kier molecular flexibility index (Phi) is 6.44. The quantitative estimate of drug-likeness (QED) is 0.750. The third kappa shape index (κ3) is 4.65. The van der Waals surface area contributed by atoms with Crippen molar-refractivity contribution in [2.75, 3.05) is 21.3 Å². The number of ether oxygens (including phenoxy) is 3. The van der Waals surface area contributed by atoms with E-state index in [0.29, 0.717) is 22.6 Å². The van der Waals surface area contributed by atoms with E-state index in [2.05, 4.69) is 0 Å². The smallest absolute Gasteiger partial charge is 0.254 e. The highest BCUT2D eigenvalue weighted by Crippen LogP contribution is 2.29. The summed E-state index contributed by atoms with van der Waals surface area (Å²) in [5.74, 6) is 0.596. The second-order valence-corrected chi connectivity index (χ2v) is 6.16. The molecule has 1 amide bonds. The molecule has 0 unspecified atom stereocenters. The number of carbonyl (C=O) groups excluding carboxylic acids is 1. The fourth-order valence-corrected chi connectivity index (χ4v) is 2.53. The van der Waals surface area contributed by atoms with Gasteiger partial charge in [0, 0.05) is 19.2 Å². The highest BCUT2D eigenvalue weighted by Gasteiger charge is 2.16. The summed E-state index contributed by atoms with van der Waals surface area (Å²) < 4.78 is 29.7. The number of rotatable bonds is 7. The zero-order valence-electron chi connectivity index (χ0n) is 15.7. The minimum Gasteiger partial charge on any atom is -0.494 e. The van der Waals surface area contributed by atoms with Gasteiger partial charge in [-0.3, -0.25) is 4.79 Å². The molecule has 2 aromatic carbocycles. The van der Waals surface area contributed by atoms with Gasteiger partial charge < -0.3 is 19.1 Å². The topological polar surface area (TPSA) is 48.0 Å². The summed E-state index contributed by atoms with van der Waals surface area (Å²) in [7, 11) is 4.60. The Hall–Kier alpha value is -2.76. The number of carbonyl (C=O) groups is 1. The van der Waals surface area contributed by atoms with E-state index >= 15 is 0 Å². The van der Waals surface area contributed by atoms with Crippen LogP contribution in [0.15, 0.2) is 36.4 Å². The van der Waals surface area contributed by atoms with Crippen LogP contribution in [0.25, 0.3) is 0 Å². The first-order chi connectivity index (χ1) is 12.3. The molecule has 26 heavy (non-hydrogen) atoms. The average Bonchev–Trinajstić information content (AvgIpc) is 2.61. The van der Waals surface area contributed by atoms with Crippen molar-refractivity contribution in [1.29, 1.82) is 0 Å². The molecule has 2 rings (SSSR count). The van der Waals surface area contributed by atoms with E-state index in [1.807, 2.05) is 13.8 Å². The molecule has 0 spiro atoms. The molecule has 0 aliphatic carbocycles. The molecule has 0 aliphatic rings. The lowest BCUT2D eigenvalue weighted by Crippen LogP contribution is -2.26. The SMILES string of the molecule is COc1ccc(CN(C)C(=O)c2ccc(OC(C)C)c(OC)c2)cc1F. The molecule has 0 saturated carbocycles. The Morgan fingerprint density at radius 2 is 1.69 bits per heavy atom. The molecule has 0 fully saturated rings. The van der Waals surface area contributed by atoms with E-state index in [1.54, 1.807) is 37.4 Å². The maximum atomic E-state index is 13.8. The summed E-state index contributed by atoms with van der Waals surface area (Å²) in [5.41, 5.74) is 1.14. The largest absolute Gasteiger partial charge is 0.494 e. The number of nitrogens with zero attached hydrogens (tertiary/aromatic N) is 1. The van der Waals surface area contributed by atoms with Crippen LogP contribution in [0.2, 0.25) is 0 Å². The molecule has 5 nitrogen and oxygen atoms in total. The summed E-state index contributed by atoms with van der Waals surface area (Å²) in [6, 6.07) is 9.68. The molecule has 0 N–H and O–H groups in total. The van der Waals surface area contributed by atoms with Gasteiger partial charge in [0.25, 0.3) is 5.91 Å². The van der Waals surface area contributed by atoms with Crippen LogP contribution in [-0.4, -0.2) is 38.2 Å². The molecule has 0 saturated heterocycles. The van der Waals surface area contributed by atoms with Crippen LogP contribution < -0.4 is 14.2 Å². The van der Waals surface area contributed by atoms with Gasteiger partial charge in [0.05, 0.1) is 20.3 Å². The van der Waals surface area contributed by atoms with Crippen LogP contribution in [0.4, 0.5) is 4.39 Å². The van der Waals surface area contributed by atoms with E-state index in [9.17, 15) is 9.18 Å². The maximum Gasteiger partial charge on any atom is 0.254 e. The number of amides is 1. The number of halogens is 1. The van der Waals surface area contributed by atoms with Crippen molar-refractivity contribution in [2.45, 2.75) is 26.5 Å². The summed E-state index contributed by atoms with van der Waals surface area (Å²) in [6.45, 7) is 4.10. The molecule has 140 valence electrons. The second-order valence-electron chi connectivity index (χ2n) is 6.16. The predicted molar refractivity (Wildman–Crippen MR) is 97.5 cm³/mol. The van der Waals surface area contributed by atoms with Crippen LogP contribution in [-0.2, 0) is 6.54 Å². The normalized spacial score (nSPS) is 10.6. The van der Waals surface area contributed by atoms with Crippen LogP contribution in [0, 0.1) is 5.82 Å². The minimum absolute atomic E-state index is 0.00177. The molecule has 0 aromatic heterocycles. The lowest BCUT2D eigenvalue weighted by atomic mass is 10.1. The van der Waals surface area contributed by atoms with Crippen molar-refractivity contribution in [1.82, 2.24) is 4.90 Å². The Morgan fingerprint density at radius 3 is 2.27 bits per heavy atom. The van der Waals surface area contributed by atoms with E-state index in [-0.39, 0.29) is 24.3 Å². The van der Waals surface area contributed by atoms with Gasteiger partial charge in [-0.2, -0.15) is 0 Å². The molecule has 2 aromatic rings. The van der Waals surface area contributed by atoms with E-state index in [0.717, 1.165) is 0 Å². The first-order valence-electron chi connectivity index (χ1n) is 8.28. The van der Waals surface area contributed by atoms with Gasteiger partial charge in [0.2, 0.25) is 0 Å². The minimum atomic E-state index is -0.456. The molecule has 0 heterocycles. The van der Waals surface area contributed by atoms with Gasteiger partial charge in [-0.25, -0.2) is 4.39 Å². The third-order valence-corrected chi connectivity index (χ3v) is 3.76. The Bertz CT molecular complexity index is 776. The van der Waals surface area contributed by atoms with Gasteiger partial charge in [-0.15, -0.1) is 0 Å². The zero-order valence-corrected chi connectivity index (χ0v) is 15.7. The van der Waals surface area contributed by atoms with E-state index in [4.69, 9.17) is 14.2 Å². The standard InChI is InChI=1S/C20H24FNO4/c1-13(2)26-18-9-7-15(11-19(18)25-5)20(23)22(3)12-14-6-8-17(24-4)16(21)10-14/h6-11,13H,12H2,1-5H3. The second kappa shape index (κ2) is 8.56. The van der Waals surface area contributed by atoms with Crippen LogP contribution >= 0.6 is 0 Å². The van der Waals surface area contributed by atoms with Crippen molar-refractivity contribution in [3.05, 3.63) is 53.3 Å². The van der Waals surface area contributed by atoms with Gasteiger partial charge >= 0.3 is 0 Å². The average molecular weight is 361 g/mol. The van der Waals surface area contributed by atoms with Gasteiger partial charge in [0.15, 0.2) is 23.1 Å². The lowest BCUT2D eigenvalue weighted by Gasteiger charge is -2.19. The van der Waals surface area contributed by atoms with Gasteiger partial charge in [-0.1, -0.05) is 6.07 Å². The van der Waals surface area contributed by atoms with Crippen molar-refractivity contribution < 1.29 is 23.4 Å². The predicted octanol–water partition coefficient (Wildman–Crippen LogP) is 3.90. The Labute approximate surface area is 153 Å². The molecule has 6 heteroatoms.